The third kappa shape index (κ3) is 6.03. The Bertz CT molecular complexity index is 497. The molecule has 0 fully saturated rings. The third-order valence-corrected chi connectivity index (χ3v) is 4.29. The molecule has 0 aliphatic carbocycles. The van der Waals surface area contributed by atoms with E-state index < -0.39 is 0 Å². The van der Waals surface area contributed by atoms with E-state index in [9.17, 15) is 9.59 Å². The Balaban J connectivity index is 2.40. The predicted octanol–water partition coefficient (Wildman–Crippen LogP) is 3.62. The molecule has 1 atom stereocenters. The van der Waals surface area contributed by atoms with Crippen LogP contribution in [0.4, 0.5) is 5.69 Å². The topological polar surface area (TPSA) is 55.4 Å². The smallest absolute Gasteiger partial charge is 0.306 e. The number of carbonyl (C=O) groups excluding carboxylic acids is 2. The van der Waals surface area contributed by atoms with E-state index in [2.05, 4.69) is 10.1 Å². The summed E-state index contributed by atoms with van der Waals surface area (Å²) in [5, 5.41) is 3.55. The monoisotopic (exact) mass is 335 g/mol. The largest absolute Gasteiger partial charge is 0.469 e. The van der Waals surface area contributed by atoms with Crippen LogP contribution in [0.15, 0.2) is 18.2 Å². The van der Waals surface area contributed by atoms with Crippen molar-refractivity contribution in [1.82, 2.24) is 0 Å². The molecule has 1 aromatic rings. The molecule has 0 heterocycles. The third-order valence-electron chi connectivity index (χ3n) is 2.38. The summed E-state index contributed by atoms with van der Waals surface area (Å²) in [6.45, 7) is 1.87. The number of anilines is 1. The van der Waals surface area contributed by atoms with Crippen LogP contribution in [0, 0.1) is 0 Å². The van der Waals surface area contributed by atoms with E-state index in [0.717, 1.165) is 0 Å². The quantitative estimate of drug-likeness (QED) is 0.806. The second-order valence-electron chi connectivity index (χ2n) is 4.08. The van der Waals surface area contributed by atoms with Crippen molar-refractivity contribution < 1.29 is 14.3 Å². The molecule has 4 nitrogen and oxygen atoms in total. The number of halogens is 2. The van der Waals surface area contributed by atoms with Gasteiger partial charge in [0.25, 0.3) is 0 Å². The van der Waals surface area contributed by atoms with Gasteiger partial charge in [-0.1, -0.05) is 30.1 Å². The standard InChI is InChI=1S/C13H15Cl2NO3S/c1-8(5-13(18)19-2)20-7-12(17)16-9-3-4-10(14)11(15)6-9/h3-4,6,8H,5,7H2,1-2H3,(H,16,17). The van der Waals surface area contributed by atoms with Crippen LogP contribution in [0.3, 0.4) is 0 Å². The van der Waals surface area contributed by atoms with Gasteiger partial charge in [-0.3, -0.25) is 9.59 Å². The van der Waals surface area contributed by atoms with Gasteiger partial charge in [0, 0.05) is 10.9 Å². The summed E-state index contributed by atoms with van der Waals surface area (Å²) in [6.07, 6.45) is 0.279. The number of esters is 1. The molecular weight excluding hydrogens is 321 g/mol. The molecule has 0 saturated heterocycles. The minimum absolute atomic E-state index is 0.0157. The van der Waals surface area contributed by atoms with Crippen molar-refractivity contribution in [2.24, 2.45) is 0 Å². The number of benzene rings is 1. The Morgan fingerprint density at radius 1 is 1.35 bits per heavy atom. The zero-order valence-corrected chi connectivity index (χ0v) is 13.4. The maximum absolute atomic E-state index is 11.7. The number of methoxy groups -OCH3 is 1. The zero-order chi connectivity index (χ0) is 15.1. The molecule has 0 radical (unpaired) electrons. The van der Waals surface area contributed by atoms with Crippen molar-refractivity contribution in [1.29, 1.82) is 0 Å². The van der Waals surface area contributed by atoms with Gasteiger partial charge < -0.3 is 10.1 Å². The predicted molar refractivity (Wildman–Crippen MR) is 83.6 cm³/mol. The van der Waals surface area contributed by atoms with Crippen LogP contribution in [-0.4, -0.2) is 30.0 Å². The van der Waals surface area contributed by atoms with Gasteiger partial charge in [0.2, 0.25) is 5.91 Å². The van der Waals surface area contributed by atoms with Crippen LogP contribution in [-0.2, 0) is 14.3 Å². The molecule has 0 saturated carbocycles. The van der Waals surface area contributed by atoms with Gasteiger partial charge in [-0.2, -0.15) is 0 Å². The van der Waals surface area contributed by atoms with E-state index in [1.165, 1.54) is 18.9 Å². The lowest BCUT2D eigenvalue weighted by molar-refractivity contribution is -0.140. The second-order valence-corrected chi connectivity index (χ2v) is 6.32. The van der Waals surface area contributed by atoms with Crippen LogP contribution in [0.25, 0.3) is 0 Å². The number of carbonyl (C=O) groups is 2. The highest BCUT2D eigenvalue weighted by molar-refractivity contribution is 8.00. The number of rotatable bonds is 6. The molecule has 20 heavy (non-hydrogen) atoms. The van der Waals surface area contributed by atoms with E-state index >= 15 is 0 Å². The van der Waals surface area contributed by atoms with E-state index in [4.69, 9.17) is 23.2 Å². The number of ether oxygens (including phenoxy) is 1. The van der Waals surface area contributed by atoms with Gasteiger partial charge in [-0.25, -0.2) is 0 Å². The van der Waals surface area contributed by atoms with Crippen molar-refractivity contribution in [3.05, 3.63) is 28.2 Å². The molecule has 1 unspecified atom stereocenters. The maximum atomic E-state index is 11.7. The summed E-state index contributed by atoms with van der Waals surface area (Å²) < 4.78 is 4.57. The minimum atomic E-state index is -0.283. The average molecular weight is 336 g/mol. The summed E-state index contributed by atoms with van der Waals surface area (Å²) in [6, 6.07) is 4.88. The Morgan fingerprint density at radius 3 is 2.65 bits per heavy atom. The van der Waals surface area contributed by atoms with Gasteiger partial charge in [-0.15, -0.1) is 11.8 Å². The second kappa shape index (κ2) is 8.39. The van der Waals surface area contributed by atoms with Crippen LogP contribution in [0.5, 0.6) is 0 Å². The minimum Gasteiger partial charge on any atom is -0.469 e. The van der Waals surface area contributed by atoms with E-state index in [1.54, 1.807) is 18.2 Å². The van der Waals surface area contributed by atoms with Gasteiger partial charge in [0.05, 0.1) is 29.3 Å². The lowest BCUT2D eigenvalue weighted by Crippen LogP contribution is -2.17. The average Bonchev–Trinajstić information content (AvgIpc) is 2.40. The fraction of sp³-hybridized carbons (Fsp3) is 0.385. The number of hydrogen-bond donors (Lipinski definition) is 1. The molecule has 0 aliphatic heterocycles. The van der Waals surface area contributed by atoms with Crippen LogP contribution in [0.1, 0.15) is 13.3 Å². The van der Waals surface area contributed by atoms with Crippen molar-refractivity contribution in [3.8, 4) is 0 Å². The molecular formula is C13H15Cl2NO3S. The molecule has 7 heteroatoms. The molecule has 110 valence electrons. The highest BCUT2D eigenvalue weighted by Crippen LogP contribution is 2.25. The summed E-state index contributed by atoms with van der Waals surface area (Å²) in [4.78, 5) is 22.8. The van der Waals surface area contributed by atoms with Crippen molar-refractivity contribution >= 4 is 52.5 Å². The normalized spacial score (nSPS) is 11.8. The molecule has 0 aromatic heterocycles. The lowest BCUT2D eigenvalue weighted by Gasteiger charge is -2.10. The van der Waals surface area contributed by atoms with E-state index in [0.29, 0.717) is 15.7 Å². The summed E-state index contributed by atoms with van der Waals surface area (Å²) in [7, 11) is 1.34. The number of amides is 1. The molecule has 0 bridgehead atoms. The van der Waals surface area contributed by atoms with E-state index in [-0.39, 0.29) is 29.3 Å². The van der Waals surface area contributed by atoms with Crippen LogP contribution < -0.4 is 5.32 Å². The molecule has 1 amide bonds. The Labute approximate surface area is 132 Å². The highest BCUT2D eigenvalue weighted by Gasteiger charge is 2.12. The number of nitrogens with one attached hydrogen (secondary N) is 1. The molecule has 1 rings (SSSR count). The Morgan fingerprint density at radius 2 is 2.05 bits per heavy atom. The zero-order valence-electron chi connectivity index (χ0n) is 11.1. The summed E-state index contributed by atoms with van der Waals surface area (Å²) >= 11 is 13.0. The van der Waals surface area contributed by atoms with E-state index in [1.807, 2.05) is 6.92 Å². The summed E-state index contributed by atoms with van der Waals surface area (Å²) in [5.74, 6) is -0.196. The van der Waals surface area contributed by atoms with Gasteiger partial charge in [0.1, 0.15) is 0 Å². The fourth-order valence-corrected chi connectivity index (χ4v) is 2.43. The Hall–Kier alpha value is -0.910. The van der Waals surface area contributed by atoms with Crippen molar-refractivity contribution in [2.75, 3.05) is 18.2 Å². The first kappa shape index (κ1) is 17.1. The first-order chi connectivity index (χ1) is 9.42. The molecule has 0 aliphatic rings. The molecule has 1 aromatic carbocycles. The number of hydrogen-bond acceptors (Lipinski definition) is 4. The maximum Gasteiger partial charge on any atom is 0.306 e. The van der Waals surface area contributed by atoms with Crippen LogP contribution in [0.2, 0.25) is 10.0 Å². The lowest BCUT2D eigenvalue weighted by atomic mass is 10.3. The summed E-state index contributed by atoms with van der Waals surface area (Å²) in [5.41, 5.74) is 0.589. The van der Waals surface area contributed by atoms with Gasteiger partial charge >= 0.3 is 5.97 Å². The van der Waals surface area contributed by atoms with Crippen molar-refractivity contribution in [2.45, 2.75) is 18.6 Å². The number of thioether (sulfide) groups is 1. The first-order valence-corrected chi connectivity index (χ1v) is 7.66. The SMILES string of the molecule is COC(=O)CC(C)SCC(=O)Nc1ccc(Cl)c(Cl)c1. The van der Waals surface area contributed by atoms with Gasteiger partial charge in [0.15, 0.2) is 0 Å². The van der Waals surface area contributed by atoms with Crippen LogP contribution >= 0.6 is 35.0 Å². The molecule has 1 N–H and O–H groups in total. The first-order valence-electron chi connectivity index (χ1n) is 5.85. The fourth-order valence-electron chi connectivity index (χ4n) is 1.37. The van der Waals surface area contributed by atoms with Gasteiger partial charge in [-0.05, 0) is 18.2 Å². The molecule has 0 spiro atoms. The highest BCUT2D eigenvalue weighted by atomic mass is 35.5. The van der Waals surface area contributed by atoms with Crippen molar-refractivity contribution in [3.63, 3.8) is 0 Å². The Kier molecular flexibility index (Phi) is 7.19.